The zero-order valence-electron chi connectivity index (χ0n) is 13.8. The third-order valence-corrected chi connectivity index (χ3v) is 3.45. The normalized spacial score (nSPS) is 17.5. The molecule has 0 aromatic rings. The molecule has 0 unspecified atom stereocenters. The Kier molecular flexibility index (Phi) is 8.13. The maximum atomic E-state index is 12.0. The Labute approximate surface area is 128 Å². The van der Waals surface area contributed by atoms with Crippen LogP contribution in [0.1, 0.15) is 46.5 Å². The van der Waals surface area contributed by atoms with E-state index in [9.17, 15) is 4.79 Å². The molecule has 0 aromatic heterocycles. The van der Waals surface area contributed by atoms with Crippen LogP contribution in [0.4, 0.5) is 0 Å². The lowest BCUT2D eigenvalue weighted by molar-refractivity contribution is -0.140. The quantitative estimate of drug-likeness (QED) is 0.424. The van der Waals surface area contributed by atoms with Crippen LogP contribution in [-0.2, 0) is 14.3 Å². The third-order valence-electron chi connectivity index (χ3n) is 3.45. The largest absolute Gasteiger partial charge is 0.462 e. The molecule has 0 fully saturated rings. The van der Waals surface area contributed by atoms with Crippen LogP contribution in [0, 0.1) is 5.92 Å². The van der Waals surface area contributed by atoms with Crippen molar-refractivity contribution in [3.8, 4) is 0 Å². The van der Waals surface area contributed by atoms with Crippen LogP contribution in [0.3, 0.4) is 0 Å². The van der Waals surface area contributed by atoms with Crippen LogP contribution in [0.15, 0.2) is 22.9 Å². The van der Waals surface area contributed by atoms with E-state index >= 15 is 0 Å². The number of esters is 1. The van der Waals surface area contributed by atoms with Crippen LogP contribution in [-0.4, -0.2) is 32.8 Å². The molecule has 4 nitrogen and oxygen atoms in total. The number of nitrogens with one attached hydrogen (secondary N) is 1. The molecule has 1 aliphatic rings. The number of carbonyl (C=O) groups excluding carboxylic acids is 1. The molecule has 21 heavy (non-hydrogen) atoms. The number of methoxy groups -OCH3 is 1. The molecular formula is C17H29NO3. The first-order valence-electron chi connectivity index (χ1n) is 7.84. The minimum Gasteiger partial charge on any atom is -0.462 e. The number of hydrogen-bond acceptors (Lipinski definition) is 4. The summed E-state index contributed by atoms with van der Waals surface area (Å²) >= 11 is 0. The van der Waals surface area contributed by atoms with Gasteiger partial charge >= 0.3 is 5.97 Å². The molecule has 0 aromatic carbocycles. The van der Waals surface area contributed by atoms with Gasteiger partial charge < -0.3 is 14.8 Å². The molecule has 1 aliphatic carbocycles. The Bertz CT molecular complexity index is 397. The van der Waals surface area contributed by atoms with E-state index in [-0.39, 0.29) is 5.97 Å². The molecule has 0 saturated carbocycles. The van der Waals surface area contributed by atoms with Crippen molar-refractivity contribution in [2.75, 3.05) is 26.9 Å². The Morgan fingerprint density at radius 1 is 1.38 bits per heavy atom. The lowest BCUT2D eigenvalue weighted by Gasteiger charge is -2.19. The topological polar surface area (TPSA) is 47.6 Å². The van der Waals surface area contributed by atoms with Gasteiger partial charge in [0.05, 0.1) is 6.61 Å². The van der Waals surface area contributed by atoms with Gasteiger partial charge in [-0.2, -0.15) is 0 Å². The van der Waals surface area contributed by atoms with Crippen molar-refractivity contribution in [3.05, 3.63) is 22.9 Å². The van der Waals surface area contributed by atoms with Gasteiger partial charge in [-0.3, -0.25) is 0 Å². The molecule has 0 atom stereocenters. The first kappa shape index (κ1) is 17.8. The van der Waals surface area contributed by atoms with E-state index in [2.05, 4.69) is 11.4 Å². The van der Waals surface area contributed by atoms with E-state index in [0.29, 0.717) is 12.5 Å². The van der Waals surface area contributed by atoms with E-state index < -0.39 is 0 Å². The second-order valence-electron chi connectivity index (χ2n) is 5.94. The van der Waals surface area contributed by atoms with Gasteiger partial charge in [0, 0.05) is 31.5 Å². The average Bonchev–Trinajstić information content (AvgIpc) is 2.48. The first-order valence-corrected chi connectivity index (χ1v) is 7.84. The van der Waals surface area contributed by atoms with Crippen molar-refractivity contribution >= 4 is 5.97 Å². The summed E-state index contributed by atoms with van der Waals surface area (Å²) in [5.41, 5.74) is 3.05. The molecule has 0 radical (unpaired) electrons. The molecule has 1 rings (SSSR count). The Balaban J connectivity index is 2.58. The van der Waals surface area contributed by atoms with Gasteiger partial charge in [-0.05, 0) is 50.2 Å². The molecule has 0 bridgehead atoms. The van der Waals surface area contributed by atoms with Gasteiger partial charge in [0.15, 0.2) is 0 Å². The number of rotatable bonds is 8. The highest BCUT2D eigenvalue weighted by Gasteiger charge is 2.15. The van der Waals surface area contributed by atoms with Crippen LogP contribution in [0.5, 0.6) is 0 Å². The standard InChI is InChI=1S/C17H29NO3/c1-13(2)12-21-17(19)14(3)15-7-5-8-16(11-15)18-9-6-10-20-4/h11,13,18H,5-10,12H2,1-4H3/b15-14-. The molecule has 1 N–H and O–H groups in total. The summed E-state index contributed by atoms with van der Waals surface area (Å²) in [6.07, 6.45) is 6.18. The van der Waals surface area contributed by atoms with Crippen molar-refractivity contribution in [2.45, 2.75) is 46.5 Å². The average molecular weight is 295 g/mol. The maximum Gasteiger partial charge on any atom is 0.333 e. The Morgan fingerprint density at radius 2 is 2.14 bits per heavy atom. The molecule has 0 amide bonds. The van der Waals surface area contributed by atoms with Crippen molar-refractivity contribution in [1.82, 2.24) is 5.32 Å². The molecule has 0 aliphatic heterocycles. The lowest BCUT2D eigenvalue weighted by atomic mass is 9.95. The molecule has 0 heterocycles. The van der Waals surface area contributed by atoms with Crippen LogP contribution >= 0.6 is 0 Å². The summed E-state index contributed by atoms with van der Waals surface area (Å²) in [4.78, 5) is 12.0. The highest BCUT2D eigenvalue weighted by atomic mass is 16.5. The molecular weight excluding hydrogens is 266 g/mol. The lowest BCUT2D eigenvalue weighted by Crippen LogP contribution is -2.19. The molecule has 4 heteroatoms. The summed E-state index contributed by atoms with van der Waals surface area (Å²) < 4.78 is 10.3. The van der Waals surface area contributed by atoms with E-state index in [0.717, 1.165) is 50.0 Å². The van der Waals surface area contributed by atoms with Gasteiger partial charge in [0.2, 0.25) is 0 Å². The van der Waals surface area contributed by atoms with Crippen molar-refractivity contribution < 1.29 is 14.3 Å². The predicted molar refractivity (Wildman–Crippen MR) is 84.9 cm³/mol. The minimum absolute atomic E-state index is 0.185. The van der Waals surface area contributed by atoms with E-state index in [4.69, 9.17) is 9.47 Å². The van der Waals surface area contributed by atoms with E-state index in [1.165, 1.54) is 5.70 Å². The first-order chi connectivity index (χ1) is 10.0. The van der Waals surface area contributed by atoms with Gasteiger partial charge in [-0.1, -0.05) is 13.8 Å². The molecule has 0 saturated heterocycles. The smallest absolute Gasteiger partial charge is 0.333 e. The van der Waals surface area contributed by atoms with Crippen molar-refractivity contribution in [2.24, 2.45) is 5.92 Å². The van der Waals surface area contributed by atoms with Gasteiger partial charge in [-0.25, -0.2) is 4.79 Å². The highest BCUT2D eigenvalue weighted by molar-refractivity contribution is 5.89. The summed E-state index contributed by atoms with van der Waals surface area (Å²) in [5, 5.41) is 3.43. The van der Waals surface area contributed by atoms with Crippen molar-refractivity contribution in [3.63, 3.8) is 0 Å². The highest BCUT2D eigenvalue weighted by Crippen LogP contribution is 2.24. The predicted octanol–water partition coefficient (Wildman–Crippen LogP) is 3.20. The van der Waals surface area contributed by atoms with Gasteiger partial charge in [0.1, 0.15) is 0 Å². The zero-order valence-corrected chi connectivity index (χ0v) is 13.8. The molecule has 120 valence electrons. The second kappa shape index (κ2) is 9.61. The van der Waals surface area contributed by atoms with Crippen LogP contribution in [0.2, 0.25) is 0 Å². The second-order valence-corrected chi connectivity index (χ2v) is 5.94. The van der Waals surface area contributed by atoms with E-state index in [1.807, 2.05) is 20.8 Å². The van der Waals surface area contributed by atoms with Crippen LogP contribution in [0.25, 0.3) is 0 Å². The SMILES string of the molecule is COCCCNC1=C/C(=C(/C)C(=O)OCC(C)C)CCC1. The van der Waals surface area contributed by atoms with Crippen LogP contribution < -0.4 is 5.32 Å². The monoisotopic (exact) mass is 295 g/mol. The van der Waals surface area contributed by atoms with Crippen molar-refractivity contribution in [1.29, 1.82) is 0 Å². The number of ether oxygens (including phenoxy) is 2. The fourth-order valence-corrected chi connectivity index (χ4v) is 2.21. The Hall–Kier alpha value is -1.29. The van der Waals surface area contributed by atoms with E-state index in [1.54, 1.807) is 7.11 Å². The fraction of sp³-hybridized carbons (Fsp3) is 0.706. The van der Waals surface area contributed by atoms with Gasteiger partial charge in [-0.15, -0.1) is 0 Å². The minimum atomic E-state index is -0.185. The number of carbonyl (C=O) groups is 1. The summed E-state index contributed by atoms with van der Waals surface area (Å²) in [6.45, 7) is 8.10. The zero-order chi connectivity index (χ0) is 15.7. The fourth-order valence-electron chi connectivity index (χ4n) is 2.21. The maximum absolute atomic E-state index is 12.0. The summed E-state index contributed by atoms with van der Waals surface area (Å²) in [5.74, 6) is 0.183. The molecule has 0 spiro atoms. The third kappa shape index (κ3) is 6.80. The number of allylic oxidation sites excluding steroid dienone is 3. The summed E-state index contributed by atoms with van der Waals surface area (Å²) in [7, 11) is 1.72. The summed E-state index contributed by atoms with van der Waals surface area (Å²) in [6, 6.07) is 0. The number of hydrogen-bond donors (Lipinski definition) is 1. The van der Waals surface area contributed by atoms with Gasteiger partial charge in [0.25, 0.3) is 0 Å². The Morgan fingerprint density at radius 3 is 2.81 bits per heavy atom.